The van der Waals surface area contributed by atoms with Crippen molar-refractivity contribution in [3.05, 3.63) is 29.8 Å². The standard InChI is InChI=1S/C15H22N2O4S/c1-15(2,11-4-6-13(21-3)7-5-11)17-14(18)16-12-8-9-22(19,20)10-12/h4-7,12H,8-10H2,1-3H3,(H2,16,17,18). The van der Waals surface area contributed by atoms with E-state index in [1.54, 1.807) is 7.11 Å². The molecule has 0 aromatic heterocycles. The first-order valence-corrected chi connectivity index (χ1v) is 8.98. The molecule has 1 aromatic rings. The van der Waals surface area contributed by atoms with E-state index in [4.69, 9.17) is 4.74 Å². The van der Waals surface area contributed by atoms with E-state index in [0.717, 1.165) is 11.3 Å². The number of amides is 2. The molecule has 1 unspecified atom stereocenters. The van der Waals surface area contributed by atoms with Crippen molar-refractivity contribution in [1.82, 2.24) is 10.6 Å². The second kappa shape index (κ2) is 6.16. The summed E-state index contributed by atoms with van der Waals surface area (Å²) in [5.41, 5.74) is 0.357. The van der Waals surface area contributed by atoms with Gasteiger partial charge in [0, 0.05) is 6.04 Å². The molecule has 0 saturated carbocycles. The molecule has 1 heterocycles. The summed E-state index contributed by atoms with van der Waals surface area (Å²) in [7, 11) is -1.40. The lowest BCUT2D eigenvalue weighted by atomic mass is 9.94. The van der Waals surface area contributed by atoms with Crippen molar-refractivity contribution in [3.8, 4) is 5.75 Å². The molecule has 2 amide bonds. The van der Waals surface area contributed by atoms with Crippen molar-refractivity contribution in [2.45, 2.75) is 31.8 Å². The molecule has 22 heavy (non-hydrogen) atoms. The maximum atomic E-state index is 12.1. The van der Waals surface area contributed by atoms with Crippen LogP contribution in [0.1, 0.15) is 25.8 Å². The summed E-state index contributed by atoms with van der Waals surface area (Å²) in [6, 6.07) is 6.78. The monoisotopic (exact) mass is 326 g/mol. The number of carbonyl (C=O) groups is 1. The van der Waals surface area contributed by atoms with Gasteiger partial charge in [0.1, 0.15) is 5.75 Å². The lowest BCUT2D eigenvalue weighted by Crippen LogP contribution is -2.49. The lowest BCUT2D eigenvalue weighted by Gasteiger charge is -2.28. The van der Waals surface area contributed by atoms with Gasteiger partial charge in [0.05, 0.1) is 24.2 Å². The number of sulfone groups is 1. The minimum Gasteiger partial charge on any atom is -0.497 e. The topological polar surface area (TPSA) is 84.5 Å². The van der Waals surface area contributed by atoms with E-state index in [-0.39, 0.29) is 23.6 Å². The van der Waals surface area contributed by atoms with Gasteiger partial charge in [0.15, 0.2) is 9.84 Å². The van der Waals surface area contributed by atoms with Gasteiger partial charge in [-0.3, -0.25) is 0 Å². The summed E-state index contributed by atoms with van der Waals surface area (Å²) in [6.07, 6.45) is 0.471. The Morgan fingerprint density at radius 1 is 1.27 bits per heavy atom. The second-order valence-electron chi connectivity index (χ2n) is 6.05. The number of urea groups is 1. The van der Waals surface area contributed by atoms with Crippen LogP contribution in [-0.2, 0) is 15.4 Å². The summed E-state index contributed by atoms with van der Waals surface area (Å²) in [5.74, 6) is 0.906. The van der Waals surface area contributed by atoms with Gasteiger partial charge in [-0.2, -0.15) is 0 Å². The second-order valence-corrected chi connectivity index (χ2v) is 8.28. The van der Waals surface area contributed by atoms with Crippen LogP contribution in [0.15, 0.2) is 24.3 Å². The van der Waals surface area contributed by atoms with E-state index >= 15 is 0 Å². The third-order valence-corrected chi connectivity index (χ3v) is 5.57. The smallest absolute Gasteiger partial charge is 0.315 e. The number of hydrogen-bond acceptors (Lipinski definition) is 4. The third-order valence-electron chi connectivity index (χ3n) is 3.81. The fourth-order valence-electron chi connectivity index (χ4n) is 2.49. The fraction of sp³-hybridized carbons (Fsp3) is 0.533. The minimum atomic E-state index is -3.00. The Balaban J connectivity index is 1.97. The van der Waals surface area contributed by atoms with Gasteiger partial charge in [-0.1, -0.05) is 12.1 Å². The summed E-state index contributed by atoms with van der Waals surface area (Å²) in [6.45, 7) is 3.78. The van der Waals surface area contributed by atoms with Gasteiger partial charge in [-0.15, -0.1) is 0 Å². The van der Waals surface area contributed by atoms with Gasteiger partial charge in [-0.05, 0) is 38.0 Å². The minimum absolute atomic E-state index is 0.0172. The zero-order valence-electron chi connectivity index (χ0n) is 13.0. The molecule has 1 atom stereocenters. The molecule has 122 valence electrons. The molecule has 1 aliphatic heterocycles. The van der Waals surface area contributed by atoms with Gasteiger partial charge in [0.2, 0.25) is 0 Å². The molecule has 1 aromatic carbocycles. The molecule has 1 fully saturated rings. The SMILES string of the molecule is COc1ccc(C(C)(C)NC(=O)NC2CCS(=O)(=O)C2)cc1. The Morgan fingerprint density at radius 2 is 1.91 bits per heavy atom. The van der Waals surface area contributed by atoms with E-state index in [2.05, 4.69) is 10.6 Å². The average molecular weight is 326 g/mol. The molecule has 1 saturated heterocycles. The quantitative estimate of drug-likeness (QED) is 0.876. The van der Waals surface area contributed by atoms with Gasteiger partial charge >= 0.3 is 6.03 Å². The van der Waals surface area contributed by atoms with E-state index in [1.165, 1.54) is 0 Å². The zero-order valence-corrected chi connectivity index (χ0v) is 13.9. The predicted molar refractivity (Wildman–Crippen MR) is 84.7 cm³/mol. The molecular formula is C15H22N2O4S. The van der Waals surface area contributed by atoms with Gasteiger partial charge in [-0.25, -0.2) is 13.2 Å². The van der Waals surface area contributed by atoms with Crippen LogP contribution in [0, 0.1) is 0 Å². The van der Waals surface area contributed by atoms with Crippen LogP contribution in [-0.4, -0.2) is 39.1 Å². The van der Waals surface area contributed by atoms with Crippen LogP contribution in [0.25, 0.3) is 0 Å². The molecule has 0 spiro atoms. The van der Waals surface area contributed by atoms with Crippen LogP contribution >= 0.6 is 0 Å². The number of carbonyl (C=O) groups excluding carboxylic acids is 1. The number of nitrogens with one attached hydrogen (secondary N) is 2. The van der Waals surface area contributed by atoms with Crippen molar-refractivity contribution in [3.63, 3.8) is 0 Å². The van der Waals surface area contributed by atoms with Crippen molar-refractivity contribution >= 4 is 15.9 Å². The predicted octanol–water partition coefficient (Wildman–Crippen LogP) is 1.42. The lowest BCUT2D eigenvalue weighted by molar-refractivity contribution is 0.227. The number of hydrogen-bond donors (Lipinski definition) is 2. The Bertz CT molecular complexity index is 638. The van der Waals surface area contributed by atoms with E-state index in [1.807, 2.05) is 38.1 Å². The van der Waals surface area contributed by atoms with Crippen LogP contribution in [0.4, 0.5) is 4.79 Å². The van der Waals surface area contributed by atoms with Gasteiger partial charge < -0.3 is 15.4 Å². The van der Waals surface area contributed by atoms with E-state index < -0.39 is 15.4 Å². The molecule has 0 aliphatic carbocycles. The van der Waals surface area contributed by atoms with E-state index in [0.29, 0.717) is 6.42 Å². The fourth-order valence-corrected chi connectivity index (χ4v) is 4.17. The maximum Gasteiger partial charge on any atom is 0.315 e. The molecule has 2 N–H and O–H groups in total. The molecule has 6 nitrogen and oxygen atoms in total. The Hall–Kier alpha value is -1.76. The zero-order chi connectivity index (χ0) is 16.4. The summed E-state index contributed by atoms with van der Waals surface area (Å²) >= 11 is 0. The highest BCUT2D eigenvalue weighted by atomic mass is 32.2. The Kier molecular flexibility index (Phi) is 4.65. The highest BCUT2D eigenvalue weighted by Gasteiger charge is 2.30. The van der Waals surface area contributed by atoms with Crippen LogP contribution in [0.3, 0.4) is 0 Å². The molecule has 0 bridgehead atoms. The average Bonchev–Trinajstić information content (AvgIpc) is 2.77. The normalized spacial score (nSPS) is 20.4. The van der Waals surface area contributed by atoms with Crippen molar-refractivity contribution in [2.24, 2.45) is 0 Å². The number of benzene rings is 1. The van der Waals surface area contributed by atoms with Crippen molar-refractivity contribution in [2.75, 3.05) is 18.6 Å². The first-order chi connectivity index (χ1) is 10.2. The molecule has 0 radical (unpaired) electrons. The summed E-state index contributed by atoms with van der Waals surface area (Å²) in [4.78, 5) is 12.1. The molecular weight excluding hydrogens is 304 g/mol. The summed E-state index contributed by atoms with van der Waals surface area (Å²) in [5, 5.41) is 5.61. The number of ether oxygens (including phenoxy) is 1. The highest BCUT2D eigenvalue weighted by Crippen LogP contribution is 2.22. The van der Waals surface area contributed by atoms with Crippen LogP contribution in [0.5, 0.6) is 5.75 Å². The largest absolute Gasteiger partial charge is 0.497 e. The molecule has 7 heteroatoms. The first-order valence-electron chi connectivity index (χ1n) is 7.15. The Labute approximate surface area is 131 Å². The number of rotatable bonds is 4. The van der Waals surface area contributed by atoms with Crippen LogP contribution < -0.4 is 15.4 Å². The maximum absolute atomic E-state index is 12.1. The highest BCUT2D eigenvalue weighted by molar-refractivity contribution is 7.91. The number of methoxy groups -OCH3 is 1. The summed E-state index contributed by atoms with van der Waals surface area (Å²) < 4.78 is 27.9. The third kappa shape index (κ3) is 4.13. The molecule has 2 rings (SSSR count). The first kappa shape index (κ1) is 16.6. The molecule has 1 aliphatic rings. The Morgan fingerprint density at radius 3 is 2.41 bits per heavy atom. The van der Waals surface area contributed by atoms with Crippen molar-refractivity contribution < 1.29 is 17.9 Å². The van der Waals surface area contributed by atoms with Crippen LogP contribution in [0.2, 0.25) is 0 Å². The van der Waals surface area contributed by atoms with E-state index in [9.17, 15) is 13.2 Å². The van der Waals surface area contributed by atoms with Gasteiger partial charge in [0.25, 0.3) is 0 Å². The van der Waals surface area contributed by atoms with Crippen molar-refractivity contribution in [1.29, 1.82) is 0 Å².